The van der Waals surface area contributed by atoms with Gasteiger partial charge < -0.3 is 4.90 Å². The lowest BCUT2D eigenvalue weighted by atomic mass is 10.2. The first kappa shape index (κ1) is 24.2. The molecule has 1 heterocycles. The molecule has 0 unspecified atom stereocenters. The van der Waals surface area contributed by atoms with Crippen LogP contribution in [0.1, 0.15) is 5.56 Å². The molecule has 0 aliphatic carbocycles. The van der Waals surface area contributed by atoms with Crippen LogP contribution in [0.25, 0.3) is 0 Å². The van der Waals surface area contributed by atoms with Crippen molar-refractivity contribution in [1.29, 1.82) is 0 Å². The standard InChI is InChI=1S/C21H19Cl4N3O2S/c22-16-6-8-17(9-7-16)31-21(19(28(29)30)18(23)20(24)25)27-12-10-26(11-13-27)14-15-4-2-1-3-5-15/h1-9H,10-14H2/b21-19-. The predicted molar refractivity (Wildman–Crippen MR) is 129 cm³/mol. The van der Waals surface area contributed by atoms with Gasteiger partial charge in [0.15, 0.2) is 10.1 Å². The van der Waals surface area contributed by atoms with E-state index in [0.29, 0.717) is 23.1 Å². The number of benzene rings is 2. The zero-order valence-corrected chi connectivity index (χ0v) is 20.2. The zero-order chi connectivity index (χ0) is 22.4. The third-order valence-electron chi connectivity index (χ3n) is 4.70. The van der Waals surface area contributed by atoms with Crippen LogP contribution < -0.4 is 0 Å². The van der Waals surface area contributed by atoms with Gasteiger partial charge in [0.25, 0.3) is 0 Å². The van der Waals surface area contributed by atoms with Crippen molar-refractivity contribution in [3.63, 3.8) is 0 Å². The molecule has 0 N–H and O–H groups in total. The Balaban J connectivity index is 1.86. The van der Waals surface area contributed by atoms with Crippen molar-refractivity contribution < 1.29 is 4.92 Å². The van der Waals surface area contributed by atoms with E-state index in [1.54, 1.807) is 24.3 Å². The number of nitrogens with zero attached hydrogens (tertiary/aromatic N) is 3. The minimum absolute atomic E-state index is 0.281. The summed E-state index contributed by atoms with van der Waals surface area (Å²) in [6.45, 7) is 3.53. The molecule has 1 aliphatic heterocycles. The lowest BCUT2D eigenvalue weighted by Crippen LogP contribution is -2.45. The van der Waals surface area contributed by atoms with Gasteiger partial charge in [0.1, 0.15) is 4.49 Å². The molecule has 2 aromatic carbocycles. The molecule has 0 bridgehead atoms. The molecule has 0 spiro atoms. The van der Waals surface area contributed by atoms with Crippen molar-refractivity contribution in [3.05, 3.63) is 95.5 Å². The summed E-state index contributed by atoms with van der Waals surface area (Å²) < 4.78 is -0.342. The van der Waals surface area contributed by atoms with Gasteiger partial charge in [0.05, 0.1) is 4.92 Å². The Hall–Kier alpha value is -1.41. The SMILES string of the molecule is O=[N+]([O-])/C(C(Cl)=C(Cl)Cl)=C(\Sc1ccc(Cl)cc1)N1CCN(Cc2ccccc2)CC1. The highest BCUT2D eigenvalue weighted by molar-refractivity contribution is 8.03. The first-order chi connectivity index (χ1) is 14.8. The highest BCUT2D eigenvalue weighted by Crippen LogP contribution is 2.38. The average Bonchev–Trinajstić information content (AvgIpc) is 2.75. The van der Waals surface area contributed by atoms with Gasteiger partial charge in [-0.3, -0.25) is 15.0 Å². The van der Waals surface area contributed by atoms with Gasteiger partial charge in [-0.2, -0.15) is 0 Å². The Labute approximate surface area is 205 Å². The summed E-state index contributed by atoms with van der Waals surface area (Å²) in [4.78, 5) is 16.4. The number of halogens is 4. The summed E-state index contributed by atoms with van der Waals surface area (Å²) in [5, 5.41) is 12.6. The summed E-state index contributed by atoms with van der Waals surface area (Å²) in [6.07, 6.45) is 0. The fourth-order valence-corrected chi connectivity index (χ4v) is 4.77. The number of hydrogen-bond acceptors (Lipinski definition) is 5. The van der Waals surface area contributed by atoms with Crippen molar-refractivity contribution in [3.8, 4) is 0 Å². The van der Waals surface area contributed by atoms with Gasteiger partial charge in [-0.1, -0.05) is 88.5 Å². The molecule has 0 saturated carbocycles. The Bertz CT molecular complexity index is 972. The van der Waals surface area contributed by atoms with E-state index in [0.717, 1.165) is 24.5 Å². The summed E-state index contributed by atoms with van der Waals surface area (Å²) >= 11 is 25.0. The number of piperazine rings is 1. The van der Waals surface area contributed by atoms with E-state index in [1.165, 1.54) is 17.3 Å². The first-order valence-corrected chi connectivity index (χ1v) is 11.7. The molecule has 2 aromatic rings. The van der Waals surface area contributed by atoms with Crippen LogP contribution in [0, 0.1) is 10.1 Å². The second kappa shape index (κ2) is 11.5. The molecule has 1 saturated heterocycles. The number of nitro groups is 1. The monoisotopic (exact) mass is 517 g/mol. The fraction of sp³-hybridized carbons (Fsp3) is 0.238. The van der Waals surface area contributed by atoms with Crippen molar-refractivity contribution in [2.24, 2.45) is 0 Å². The maximum absolute atomic E-state index is 11.9. The zero-order valence-electron chi connectivity index (χ0n) is 16.3. The topological polar surface area (TPSA) is 49.6 Å². The Morgan fingerprint density at radius 2 is 1.58 bits per heavy atom. The van der Waals surface area contributed by atoms with E-state index in [-0.39, 0.29) is 15.2 Å². The van der Waals surface area contributed by atoms with E-state index in [9.17, 15) is 10.1 Å². The number of hydrogen-bond donors (Lipinski definition) is 0. The van der Waals surface area contributed by atoms with E-state index in [4.69, 9.17) is 46.4 Å². The Morgan fingerprint density at radius 1 is 0.968 bits per heavy atom. The van der Waals surface area contributed by atoms with Crippen molar-refractivity contribution >= 4 is 58.2 Å². The molecular weight excluding hydrogens is 500 g/mol. The highest BCUT2D eigenvalue weighted by Gasteiger charge is 2.31. The molecular formula is C21H19Cl4N3O2S. The fourth-order valence-electron chi connectivity index (χ4n) is 3.17. The molecule has 0 atom stereocenters. The van der Waals surface area contributed by atoms with Crippen LogP contribution in [0.15, 0.2) is 79.7 Å². The van der Waals surface area contributed by atoms with Crippen LogP contribution in [-0.4, -0.2) is 40.9 Å². The number of allylic oxidation sites excluding steroid dienone is 1. The van der Waals surface area contributed by atoms with Gasteiger partial charge in [-0.15, -0.1) is 0 Å². The minimum Gasteiger partial charge on any atom is -0.358 e. The second-order valence-electron chi connectivity index (χ2n) is 6.79. The van der Waals surface area contributed by atoms with Crippen LogP contribution in [0.5, 0.6) is 0 Å². The number of thioether (sulfide) groups is 1. The third-order valence-corrected chi connectivity index (χ3v) is 7.04. The van der Waals surface area contributed by atoms with Crippen molar-refractivity contribution in [1.82, 2.24) is 9.80 Å². The normalized spacial score (nSPS) is 15.4. The van der Waals surface area contributed by atoms with Gasteiger partial charge >= 0.3 is 5.70 Å². The minimum atomic E-state index is -0.540. The molecule has 5 nitrogen and oxygen atoms in total. The van der Waals surface area contributed by atoms with Gasteiger partial charge in [-0.05, 0) is 29.8 Å². The Morgan fingerprint density at radius 3 is 2.13 bits per heavy atom. The average molecular weight is 519 g/mol. The molecule has 31 heavy (non-hydrogen) atoms. The lowest BCUT2D eigenvalue weighted by molar-refractivity contribution is -0.421. The molecule has 0 amide bonds. The summed E-state index contributed by atoms with van der Waals surface area (Å²) in [7, 11) is 0. The van der Waals surface area contributed by atoms with Gasteiger partial charge in [0, 0.05) is 42.6 Å². The van der Waals surface area contributed by atoms with Crippen LogP contribution in [0.3, 0.4) is 0 Å². The molecule has 3 rings (SSSR count). The molecule has 0 radical (unpaired) electrons. The van der Waals surface area contributed by atoms with E-state index >= 15 is 0 Å². The van der Waals surface area contributed by atoms with E-state index in [2.05, 4.69) is 17.0 Å². The molecule has 0 aromatic heterocycles. The van der Waals surface area contributed by atoms with Gasteiger partial charge in [0.2, 0.25) is 0 Å². The third kappa shape index (κ3) is 6.78. The molecule has 1 aliphatic rings. The van der Waals surface area contributed by atoms with Crippen LogP contribution >= 0.6 is 58.2 Å². The predicted octanol–water partition coefficient (Wildman–Crippen LogP) is 6.58. The smallest absolute Gasteiger partial charge is 0.320 e. The molecule has 1 fully saturated rings. The molecule has 10 heteroatoms. The summed E-state index contributed by atoms with van der Waals surface area (Å²) in [5.74, 6) is 0. The van der Waals surface area contributed by atoms with Crippen LogP contribution in [0.4, 0.5) is 0 Å². The summed E-state index contributed by atoms with van der Waals surface area (Å²) in [6, 6.07) is 17.3. The maximum Gasteiger partial charge on any atom is 0.320 e. The van der Waals surface area contributed by atoms with Crippen LogP contribution in [0.2, 0.25) is 5.02 Å². The first-order valence-electron chi connectivity index (χ1n) is 9.39. The van der Waals surface area contributed by atoms with Crippen molar-refractivity contribution in [2.45, 2.75) is 11.4 Å². The van der Waals surface area contributed by atoms with Crippen molar-refractivity contribution in [2.75, 3.05) is 26.2 Å². The van der Waals surface area contributed by atoms with E-state index in [1.807, 2.05) is 23.1 Å². The Kier molecular flexibility index (Phi) is 8.95. The summed E-state index contributed by atoms with van der Waals surface area (Å²) in [5.41, 5.74) is 0.922. The quantitative estimate of drug-likeness (QED) is 0.179. The second-order valence-corrected chi connectivity index (χ2v) is 9.62. The largest absolute Gasteiger partial charge is 0.358 e. The maximum atomic E-state index is 11.9. The number of rotatable bonds is 7. The van der Waals surface area contributed by atoms with Crippen LogP contribution in [-0.2, 0) is 6.54 Å². The van der Waals surface area contributed by atoms with Gasteiger partial charge in [-0.25, -0.2) is 0 Å². The molecule has 164 valence electrons. The van der Waals surface area contributed by atoms with E-state index < -0.39 is 4.92 Å². The highest BCUT2D eigenvalue weighted by atomic mass is 35.5. The lowest BCUT2D eigenvalue weighted by Gasteiger charge is -2.36.